The molecule has 0 spiro atoms. The van der Waals surface area contributed by atoms with Crippen LogP contribution in [-0.2, 0) is 33.2 Å². The zero-order valence-corrected chi connectivity index (χ0v) is 39.8. The second-order valence-corrected chi connectivity index (χ2v) is 23.8. The molecule has 8 aliphatic rings. The average molecular weight is 943 g/mol. The number of carboxylic acids is 1. The lowest BCUT2D eigenvalue weighted by molar-refractivity contribution is -0.395. The van der Waals surface area contributed by atoms with Crippen LogP contribution in [0.4, 0.5) is 0 Å². The summed E-state index contributed by atoms with van der Waals surface area (Å²) in [5, 5.41) is 119. The van der Waals surface area contributed by atoms with Crippen LogP contribution in [0, 0.1) is 50.2 Å². The summed E-state index contributed by atoms with van der Waals surface area (Å²) in [6.45, 7) is 18.5. The minimum atomic E-state index is -2.03. The van der Waals surface area contributed by atoms with E-state index < -0.39 is 139 Å². The molecule has 4 saturated carbocycles. The number of aliphatic carboxylic acids is 1. The molecule has 3 heterocycles. The van der Waals surface area contributed by atoms with Gasteiger partial charge in [-0.1, -0.05) is 67.0 Å². The van der Waals surface area contributed by atoms with Gasteiger partial charge in [0.1, 0.15) is 61.0 Å². The number of allylic oxidation sites excluding steroid dienone is 2. The van der Waals surface area contributed by atoms with Gasteiger partial charge < -0.3 is 84.6 Å². The molecule has 0 aromatic rings. The highest BCUT2D eigenvalue weighted by atomic mass is 16.8. The smallest absolute Gasteiger partial charge is 0.335 e. The lowest BCUT2D eigenvalue weighted by Gasteiger charge is -2.72. The lowest BCUT2D eigenvalue weighted by atomic mass is 9.33. The molecular weight excluding hydrogens is 865 g/mol. The van der Waals surface area contributed by atoms with Gasteiger partial charge in [-0.3, -0.25) is 0 Å². The molecule has 3 saturated heterocycles. The van der Waals surface area contributed by atoms with E-state index in [0.29, 0.717) is 12.3 Å². The highest BCUT2D eigenvalue weighted by Crippen LogP contribution is 2.76. The predicted octanol–water partition coefficient (Wildman–Crippen LogP) is 0.703. The van der Waals surface area contributed by atoms with Gasteiger partial charge in [-0.2, -0.15) is 0 Å². The van der Waals surface area contributed by atoms with Crippen LogP contribution in [0.15, 0.2) is 11.6 Å². The quantitative estimate of drug-likeness (QED) is 0.118. The lowest BCUT2D eigenvalue weighted by Crippen LogP contribution is -2.68. The van der Waals surface area contributed by atoms with E-state index >= 15 is 0 Å². The topological polar surface area (TPSA) is 295 Å². The fraction of sp³-hybridized carbons (Fsp3) is 0.938. The molecule has 25 atom stereocenters. The second kappa shape index (κ2) is 17.4. The van der Waals surface area contributed by atoms with Gasteiger partial charge >= 0.3 is 5.97 Å². The SMILES string of the molecule is CC1OC(OC2C(OC3C(OC4CCC5(C)C(CCC6(C)C5CC=C5C7CC(C)(C)C(O)C(O)C7(C)CCC56C)C4(C)C)OC(C(=O)O)C(O)C3O)OC(CO)C(O)C2O)C(O)C(O)C1O. The van der Waals surface area contributed by atoms with Crippen molar-refractivity contribution in [3.63, 3.8) is 0 Å². The zero-order valence-electron chi connectivity index (χ0n) is 39.8. The van der Waals surface area contributed by atoms with Crippen molar-refractivity contribution in [3.8, 4) is 0 Å². The monoisotopic (exact) mass is 943 g/mol. The maximum absolute atomic E-state index is 12.5. The van der Waals surface area contributed by atoms with Crippen LogP contribution >= 0.6 is 0 Å². The van der Waals surface area contributed by atoms with Crippen LogP contribution in [0.3, 0.4) is 0 Å². The second-order valence-electron chi connectivity index (χ2n) is 23.8. The van der Waals surface area contributed by atoms with E-state index in [0.717, 1.165) is 44.9 Å². The standard InChI is InChI=1S/C48H78O18/c1-20-27(50)29(52)33(56)40(61-20)65-35-30(53)28(51)23(19-49)62-41(35)66-36-32(55)31(54)34(39(59)60)64-42(36)63-26-13-14-46(7)24(44(26,4)5)12-15-48(9)25(46)11-10-21-22-18-43(2,3)37(57)38(58)45(22,6)16-17-47(21,48)8/h10,20,22-38,40-42,49-58H,11-19H2,1-9H3,(H,59,60). The van der Waals surface area contributed by atoms with E-state index in [1.165, 1.54) is 12.5 Å². The van der Waals surface area contributed by atoms with Gasteiger partial charge in [0.05, 0.1) is 31.0 Å². The third-order valence-electron chi connectivity index (χ3n) is 19.6. The van der Waals surface area contributed by atoms with Crippen molar-refractivity contribution in [2.75, 3.05) is 6.61 Å². The first-order valence-corrected chi connectivity index (χ1v) is 24.2. The maximum Gasteiger partial charge on any atom is 0.335 e. The molecule has 0 radical (unpaired) electrons. The van der Waals surface area contributed by atoms with Crippen molar-refractivity contribution < 1.29 is 89.4 Å². The molecule has 5 aliphatic carbocycles. The van der Waals surface area contributed by atoms with Crippen molar-refractivity contribution >= 4 is 5.97 Å². The number of hydrogen-bond donors (Lipinski definition) is 11. The molecule has 11 N–H and O–H groups in total. The Kier molecular flexibility index (Phi) is 13.4. The number of fused-ring (bicyclic) bond motifs is 7. The Morgan fingerprint density at radius 2 is 1.27 bits per heavy atom. The molecule has 0 amide bonds. The Morgan fingerprint density at radius 1 is 0.652 bits per heavy atom. The molecule has 378 valence electrons. The molecule has 0 bridgehead atoms. The van der Waals surface area contributed by atoms with Crippen molar-refractivity contribution in [3.05, 3.63) is 11.6 Å². The van der Waals surface area contributed by atoms with E-state index in [1.807, 2.05) is 0 Å². The number of carboxylic acid groups (broad SMARTS) is 1. The summed E-state index contributed by atoms with van der Waals surface area (Å²) in [6, 6.07) is 0. The first kappa shape index (κ1) is 50.9. The van der Waals surface area contributed by atoms with E-state index in [-0.39, 0.29) is 28.1 Å². The molecule has 18 nitrogen and oxygen atoms in total. The Labute approximate surface area is 387 Å². The van der Waals surface area contributed by atoms with Crippen molar-refractivity contribution in [2.24, 2.45) is 50.2 Å². The molecule has 18 heteroatoms. The fourth-order valence-corrected chi connectivity index (χ4v) is 15.1. The summed E-state index contributed by atoms with van der Waals surface area (Å²) < 4.78 is 36.3. The fourth-order valence-electron chi connectivity index (χ4n) is 15.1. The summed E-state index contributed by atoms with van der Waals surface area (Å²) in [5.74, 6) is -1.01. The minimum Gasteiger partial charge on any atom is -0.479 e. The molecule has 0 aromatic heterocycles. The highest BCUT2D eigenvalue weighted by Gasteiger charge is 2.70. The van der Waals surface area contributed by atoms with Crippen molar-refractivity contribution in [1.29, 1.82) is 0 Å². The van der Waals surface area contributed by atoms with Gasteiger partial charge in [-0.25, -0.2) is 4.79 Å². The minimum absolute atomic E-state index is 0.0726. The molecule has 66 heavy (non-hydrogen) atoms. The molecule has 7 fully saturated rings. The van der Waals surface area contributed by atoms with Crippen LogP contribution in [0.2, 0.25) is 0 Å². The largest absolute Gasteiger partial charge is 0.479 e. The molecule has 25 unspecified atom stereocenters. The van der Waals surface area contributed by atoms with E-state index in [4.69, 9.17) is 28.4 Å². The van der Waals surface area contributed by atoms with Gasteiger partial charge in [0.2, 0.25) is 0 Å². The number of aliphatic hydroxyl groups excluding tert-OH is 10. The highest BCUT2D eigenvalue weighted by molar-refractivity contribution is 5.73. The summed E-state index contributed by atoms with van der Waals surface area (Å²) in [5.41, 5.74) is -0.355. The molecule has 8 rings (SSSR count). The van der Waals surface area contributed by atoms with E-state index in [9.17, 15) is 61.0 Å². The number of aliphatic hydroxyl groups is 10. The van der Waals surface area contributed by atoms with Crippen LogP contribution in [0.1, 0.15) is 114 Å². The van der Waals surface area contributed by atoms with Crippen LogP contribution in [0.5, 0.6) is 0 Å². The van der Waals surface area contributed by atoms with Gasteiger partial charge in [0, 0.05) is 5.41 Å². The Bertz CT molecular complexity index is 1830. The van der Waals surface area contributed by atoms with Crippen molar-refractivity contribution in [2.45, 2.75) is 224 Å². The third kappa shape index (κ3) is 7.61. The molecule has 0 aromatic carbocycles. The normalized spacial score (nSPS) is 55.6. The first-order valence-electron chi connectivity index (χ1n) is 24.2. The number of carbonyl (C=O) groups is 1. The number of hydrogen-bond acceptors (Lipinski definition) is 17. The summed E-state index contributed by atoms with van der Waals surface area (Å²) in [4.78, 5) is 12.5. The van der Waals surface area contributed by atoms with Crippen LogP contribution in [0.25, 0.3) is 0 Å². The van der Waals surface area contributed by atoms with Crippen LogP contribution in [-0.4, -0.2) is 179 Å². The number of rotatable bonds is 8. The zero-order chi connectivity index (χ0) is 48.6. The number of ether oxygens (including phenoxy) is 6. The van der Waals surface area contributed by atoms with E-state index in [2.05, 4.69) is 61.5 Å². The summed E-state index contributed by atoms with van der Waals surface area (Å²) in [6.07, 6.45) is -19.0. The van der Waals surface area contributed by atoms with E-state index in [1.54, 1.807) is 0 Å². The predicted molar refractivity (Wildman–Crippen MR) is 231 cm³/mol. The third-order valence-corrected chi connectivity index (χ3v) is 19.6. The summed E-state index contributed by atoms with van der Waals surface area (Å²) >= 11 is 0. The first-order chi connectivity index (χ1) is 30.6. The summed E-state index contributed by atoms with van der Waals surface area (Å²) in [7, 11) is 0. The Morgan fingerprint density at radius 3 is 1.91 bits per heavy atom. The van der Waals surface area contributed by atoms with Gasteiger partial charge in [-0.15, -0.1) is 0 Å². The van der Waals surface area contributed by atoms with Gasteiger partial charge in [-0.05, 0) is 103 Å². The van der Waals surface area contributed by atoms with Gasteiger partial charge in [0.15, 0.2) is 25.0 Å². The maximum atomic E-state index is 12.5. The molecular formula is C48H78O18. The Balaban J connectivity index is 1.06. The average Bonchev–Trinajstić information content (AvgIpc) is 3.25. The van der Waals surface area contributed by atoms with Crippen LogP contribution < -0.4 is 0 Å². The van der Waals surface area contributed by atoms with Gasteiger partial charge in [0.25, 0.3) is 0 Å². The molecule has 3 aliphatic heterocycles. The Hall–Kier alpha value is -1.43. The van der Waals surface area contributed by atoms with Crippen molar-refractivity contribution in [1.82, 2.24) is 0 Å².